The molecule has 6 heteroatoms. The summed E-state index contributed by atoms with van der Waals surface area (Å²) in [5.74, 6) is -0.822. The Hall–Kier alpha value is -1.40. The number of rotatable bonds is 3. The summed E-state index contributed by atoms with van der Waals surface area (Å²) in [4.78, 5) is 26.7. The van der Waals surface area contributed by atoms with Gasteiger partial charge in [0.1, 0.15) is 0 Å². The van der Waals surface area contributed by atoms with Gasteiger partial charge in [-0.3, -0.25) is 14.5 Å². The molecule has 1 heterocycles. The highest BCUT2D eigenvalue weighted by Crippen LogP contribution is 2.17. The van der Waals surface area contributed by atoms with Crippen molar-refractivity contribution in [2.75, 3.05) is 32.7 Å². The van der Waals surface area contributed by atoms with E-state index in [9.17, 15) is 9.59 Å². The van der Waals surface area contributed by atoms with Crippen LogP contribution in [0.3, 0.4) is 0 Å². The minimum Gasteiger partial charge on any atom is -0.480 e. The third-order valence-electron chi connectivity index (χ3n) is 3.31. The molecule has 0 radical (unpaired) electrons. The largest absolute Gasteiger partial charge is 0.480 e. The molecule has 108 valence electrons. The second kappa shape index (κ2) is 6.37. The van der Waals surface area contributed by atoms with Crippen LogP contribution in [0.4, 0.5) is 0 Å². The highest BCUT2D eigenvalue weighted by molar-refractivity contribution is 9.10. The van der Waals surface area contributed by atoms with Crippen molar-refractivity contribution >= 4 is 27.8 Å². The Morgan fingerprint density at radius 2 is 1.85 bits per heavy atom. The summed E-state index contributed by atoms with van der Waals surface area (Å²) in [5, 5.41) is 8.75. The van der Waals surface area contributed by atoms with Crippen LogP contribution in [0.1, 0.15) is 15.9 Å². The number of carboxylic acid groups (broad SMARTS) is 1. The zero-order chi connectivity index (χ0) is 14.7. The Morgan fingerprint density at radius 1 is 1.20 bits per heavy atom. The van der Waals surface area contributed by atoms with Gasteiger partial charge in [0.15, 0.2) is 0 Å². The van der Waals surface area contributed by atoms with Crippen LogP contribution >= 0.6 is 15.9 Å². The fourth-order valence-electron chi connectivity index (χ4n) is 2.34. The number of amides is 1. The van der Waals surface area contributed by atoms with Crippen molar-refractivity contribution in [1.29, 1.82) is 0 Å². The molecule has 2 rings (SSSR count). The van der Waals surface area contributed by atoms with E-state index in [4.69, 9.17) is 5.11 Å². The van der Waals surface area contributed by atoms with E-state index in [-0.39, 0.29) is 12.5 Å². The molecule has 1 aromatic carbocycles. The number of benzene rings is 1. The molecule has 5 nitrogen and oxygen atoms in total. The lowest BCUT2D eigenvalue weighted by Crippen LogP contribution is -2.49. The summed E-state index contributed by atoms with van der Waals surface area (Å²) in [7, 11) is 0. The van der Waals surface area contributed by atoms with Crippen molar-refractivity contribution in [2.45, 2.75) is 6.92 Å². The number of piperazine rings is 1. The first-order valence-electron chi connectivity index (χ1n) is 6.46. The molecule has 0 spiro atoms. The first-order valence-corrected chi connectivity index (χ1v) is 7.25. The van der Waals surface area contributed by atoms with E-state index in [1.54, 1.807) is 4.90 Å². The van der Waals surface area contributed by atoms with E-state index in [0.29, 0.717) is 31.7 Å². The number of hydrogen-bond donors (Lipinski definition) is 1. The molecular weight excluding hydrogens is 324 g/mol. The van der Waals surface area contributed by atoms with Gasteiger partial charge in [0.2, 0.25) is 0 Å². The van der Waals surface area contributed by atoms with Crippen LogP contribution in [-0.4, -0.2) is 59.5 Å². The SMILES string of the molecule is Cc1cc(Br)cc(C(=O)N2CCN(CC(=O)O)CC2)c1. The van der Waals surface area contributed by atoms with E-state index < -0.39 is 5.97 Å². The minimum absolute atomic E-state index is 0.00405. The van der Waals surface area contributed by atoms with Gasteiger partial charge in [0, 0.05) is 36.2 Å². The van der Waals surface area contributed by atoms with Crippen LogP contribution in [0.15, 0.2) is 22.7 Å². The first-order chi connectivity index (χ1) is 9.45. The Morgan fingerprint density at radius 3 is 2.40 bits per heavy atom. The Bertz CT molecular complexity index is 505. The summed E-state index contributed by atoms with van der Waals surface area (Å²) >= 11 is 3.40. The molecule has 0 bridgehead atoms. The van der Waals surface area contributed by atoms with E-state index in [1.807, 2.05) is 30.0 Å². The summed E-state index contributed by atoms with van der Waals surface area (Å²) in [6, 6.07) is 5.65. The van der Waals surface area contributed by atoms with Crippen LogP contribution in [0.2, 0.25) is 0 Å². The molecule has 20 heavy (non-hydrogen) atoms. The highest BCUT2D eigenvalue weighted by atomic mass is 79.9. The van der Waals surface area contributed by atoms with Crippen molar-refractivity contribution in [3.05, 3.63) is 33.8 Å². The van der Waals surface area contributed by atoms with Crippen LogP contribution in [0.5, 0.6) is 0 Å². The molecule has 0 aliphatic carbocycles. The molecular formula is C14H17BrN2O3. The highest BCUT2D eigenvalue weighted by Gasteiger charge is 2.23. The van der Waals surface area contributed by atoms with Gasteiger partial charge >= 0.3 is 5.97 Å². The van der Waals surface area contributed by atoms with Gasteiger partial charge < -0.3 is 10.0 Å². The molecule has 0 aromatic heterocycles. The molecule has 1 N–H and O–H groups in total. The minimum atomic E-state index is -0.826. The van der Waals surface area contributed by atoms with Crippen molar-refractivity contribution in [3.8, 4) is 0 Å². The average Bonchev–Trinajstić information content (AvgIpc) is 2.37. The average molecular weight is 341 g/mol. The fourth-order valence-corrected chi connectivity index (χ4v) is 2.95. The van der Waals surface area contributed by atoms with E-state index in [0.717, 1.165) is 10.0 Å². The number of aryl methyl sites for hydroxylation is 1. The normalized spacial score (nSPS) is 16.2. The second-order valence-corrected chi connectivity index (χ2v) is 5.90. The fraction of sp³-hybridized carbons (Fsp3) is 0.429. The number of aliphatic carboxylic acids is 1. The van der Waals surface area contributed by atoms with Crippen molar-refractivity contribution in [2.24, 2.45) is 0 Å². The van der Waals surface area contributed by atoms with E-state index >= 15 is 0 Å². The van der Waals surface area contributed by atoms with Gasteiger partial charge in [-0.1, -0.05) is 15.9 Å². The van der Waals surface area contributed by atoms with Crippen LogP contribution in [0.25, 0.3) is 0 Å². The van der Waals surface area contributed by atoms with Gasteiger partial charge in [-0.15, -0.1) is 0 Å². The Balaban J connectivity index is 1.99. The molecule has 1 aliphatic heterocycles. The molecule has 0 saturated carbocycles. The standard InChI is InChI=1S/C14H17BrN2O3/c1-10-6-11(8-12(15)7-10)14(20)17-4-2-16(3-5-17)9-13(18)19/h6-8H,2-5,9H2,1H3,(H,18,19). The maximum Gasteiger partial charge on any atom is 0.317 e. The molecule has 1 saturated heterocycles. The van der Waals surface area contributed by atoms with E-state index in [2.05, 4.69) is 15.9 Å². The number of carbonyl (C=O) groups excluding carboxylic acids is 1. The lowest BCUT2D eigenvalue weighted by atomic mass is 10.1. The van der Waals surface area contributed by atoms with Gasteiger partial charge in [0.05, 0.1) is 6.54 Å². The summed E-state index contributed by atoms with van der Waals surface area (Å²) in [6.45, 7) is 4.33. The first kappa shape index (κ1) is 15.0. The molecule has 1 amide bonds. The van der Waals surface area contributed by atoms with Gasteiger partial charge in [-0.2, -0.15) is 0 Å². The van der Waals surface area contributed by atoms with Crippen molar-refractivity contribution in [3.63, 3.8) is 0 Å². The summed E-state index contributed by atoms with van der Waals surface area (Å²) < 4.78 is 0.894. The third-order valence-corrected chi connectivity index (χ3v) is 3.77. The third kappa shape index (κ3) is 3.80. The number of hydrogen-bond acceptors (Lipinski definition) is 3. The topological polar surface area (TPSA) is 60.9 Å². The second-order valence-electron chi connectivity index (χ2n) is 4.98. The monoisotopic (exact) mass is 340 g/mol. The predicted molar refractivity (Wildman–Crippen MR) is 78.9 cm³/mol. The lowest BCUT2D eigenvalue weighted by Gasteiger charge is -2.33. The number of halogens is 1. The maximum atomic E-state index is 12.4. The van der Waals surface area contributed by atoms with Crippen LogP contribution in [-0.2, 0) is 4.79 Å². The van der Waals surface area contributed by atoms with Gasteiger partial charge in [-0.25, -0.2) is 0 Å². The van der Waals surface area contributed by atoms with E-state index in [1.165, 1.54) is 0 Å². The zero-order valence-electron chi connectivity index (χ0n) is 11.3. The molecule has 1 aromatic rings. The Labute approximate surface area is 126 Å². The Kier molecular flexibility index (Phi) is 4.77. The molecule has 1 fully saturated rings. The van der Waals surface area contributed by atoms with Crippen LogP contribution in [0, 0.1) is 6.92 Å². The molecule has 1 aliphatic rings. The van der Waals surface area contributed by atoms with Crippen molar-refractivity contribution in [1.82, 2.24) is 9.80 Å². The summed E-state index contributed by atoms with van der Waals surface area (Å²) in [6.07, 6.45) is 0. The maximum absolute atomic E-state index is 12.4. The number of carboxylic acids is 1. The number of carbonyl (C=O) groups is 2. The molecule has 0 unspecified atom stereocenters. The predicted octanol–water partition coefficient (Wildman–Crippen LogP) is 1.60. The quantitative estimate of drug-likeness (QED) is 0.907. The smallest absolute Gasteiger partial charge is 0.317 e. The van der Waals surface area contributed by atoms with Crippen LogP contribution < -0.4 is 0 Å². The zero-order valence-corrected chi connectivity index (χ0v) is 12.9. The number of nitrogens with zero attached hydrogens (tertiary/aromatic N) is 2. The summed E-state index contributed by atoms with van der Waals surface area (Å²) in [5.41, 5.74) is 1.70. The lowest BCUT2D eigenvalue weighted by molar-refractivity contribution is -0.138. The van der Waals surface area contributed by atoms with Gasteiger partial charge in [0.25, 0.3) is 5.91 Å². The molecule has 0 atom stereocenters. The van der Waals surface area contributed by atoms with Gasteiger partial charge in [-0.05, 0) is 30.7 Å². The van der Waals surface area contributed by atoms with Crippen molar-refractivity contribution < 1.29 is 14.7 Å².